The van der Waals surface area contributed by atoms with Crippen LogP contribution >= 0.6 is 0 Å². The van der Waals surface area contributed by atoms with Crippen LogP contribution in [0.4, 0.5) is 11.4 Å². The molecule has 0 saturated heterocycles. The van der Waals surface area contributed by atoms with Gasteiger partial charge < -0.3 is 10.0 Å². The van der Waals surface area contributed by atoms with Crippen LogP contribution in [0.5, 0.6) is 0 Å². The molecule has 0 spiro atoms. The molecule has 0 unspecified atom stereocenters. The van der Waals surface area contributed by atoms with E-state index in [-0.39, 0.29) is 12.3 Å². The number of non-ortho nitro benzene ring substituents is 1. The Morgan fingerprint density at radius 3 is 2.00 bits per heavy atom. The molecule has 0 aliphatic heterocycles. The minimum atomic E-state index is -0.393. The van der Waals surface area contributed by atoms with Gasteiger partial charge in [-0.25, -0.2) is 0 Å². The Bertz CT molecular complexity index is 709. The first-order valence-electron chi connectivity index (χ1n) is 8.95. The summed E-state index contributed by atoms with van der Waals surface area (Å²) >= 11 is 0. The first kappa shape index (κ1) is 19.7. The van der Waals surface area contributed by atoms with Crippen molar-refractivity contribution in [2.24, 2.45) is 0 Å². The molecule has 2 rings (SSSR count). The Labute approximate surface area is 154 Å². The molecule has 138 valence electrons. The van der Waals surface area contributed by atoms with E-state index < -0.39 is 4.92 Å². The molecule has 0 heterocycles. The number of hydrogen-bond donors (Lipinski definition) is 1. The number of anilines is 1. The van der Waals surface area contributed by atoms with E-state index in [1.165, 1.54) is 17.8 Å². The van der Waals surface area contributed by atoms with Crippen molar-refractivity contribution in [2.75, 3.05) is 25.1 Å². The van der Waals surface area contributed by atoms with Crippen LogP contribution in [0, 0.1) is 10.1 Å². The molecule has 2 aromatic carbocycles. The molecular formula is C21H26N2O3. The molecule has 0 atom stereocenters. The van der Waals surface area contributed by atoms with E-state index in [1.807, 2.05) is 12.2 Å². The Morgan fingerprint density at radius 1 is 0.923 bits per heavy atom. The Hall–Kier alpha value is -2.66. The fourth-order valence-corrected chi connectivity index (χ4v) is 2.68. The highest BCUT2D eigenvalue weighted by molar-refractivity contribution is 5.70. The fraction of sp³-hybridized carbons (Fsp3) is 0.333. The summed E-state index contributed by atoms with van der Waals surface area (Å²) < 4.78 is 0. The van der Waals surface area contributed by atoms with Gasteiger partial charge in [0, 0.05) is 38.0 Å². The molecule has 0 bridgehead atoms. The molecule has 5 nitrogen and oxygen atoms in total. The van der Waals surface area contributed by atoms with Gasteiger partial charge in [-0.2, -0.15) is 0 Å². The first-order valence-corrected chi connectivity index (χ1v) is 8.95. The smallest absolute Gasteiger partial charge is 0.269 e. The molecule has 5 heteroatoms. The summed E-state index contributed by atoms with van der Waals surface area (Å²) in [6.07, 6.45) is 8.18. The van der Waals surface area contributed by atoms with Crippen LogP contribution in [0.2, 0.25) is 0 Å². The summed E-state index contributed by atoms with van der Waals surface area (Å²) in [5.74, 6) is 0. The van der Waals surface area contributed by atoms with Gasteiger partial charge in [0.05, 0.1) is 4.92 Å². The maximum atomic E-state index is 10.7. The SMILES string of the molecule is CN(CCCCCCO)c1ccc(/C=C/c2ccc([N+](=O)[O-])cc2)cc1. The number of aliphatic hydroxyl groups is 1. The summed E-state index contributed by atoms with van der Waals surface area (Å²) in [6, 6.07) is 14.9. The van der Waals surface area contributed by atoms with E-state index in [4.69, 9.17) is 5.11 Å². The number of aliphatic hydroxyl groups excluding tert-OH is 1. The molecule has 0 fully saturated rings. The molecule has 0 aromatic heterocycles. The highest BCUT2D eigenvalue weighted by Gasteiger charge is 2.03. The zero-order valence-corrected chi connectivity index (χ0v) is 15.2. The normalized spacial score (nSPS) is 11.0. The van der Waals surface area contributed by atoms with Gasteiger partial charge in [-0.15, -0.1) is 0 Å². The van der Waals surface area contributed by atoms with Gasteiger partial charge in [-0.1, -0.05) is 37.1 Å². The topological polar surface area (TPSA) is 66.6 Å². The highest BCUT2D eigenvalue weighted by Crippen LogP contribution is 2.18. The molecule has 0 aliphatic rings. The number of nitro groups is 1. The molecule has 2 aromatic rings. The third-order valence-electron chi connectivity index (χ3n) is 4.31. The van der Waals surface area contributed by atoms with Crippen molar-refractivity contribution in [3.63, 3.8) is 0 Å². The summed E-state index contributed by atoms with van der Waals surface area (Å²) in [5, 5.41) is 19.5. The zero-order chi connectivity index (χ0) is 18.8. The minimum absolute atomic E-state index is 0.103. The average Bonchev–Trinajstić information content (AvgIpc) is 2.66. The lowest BCUT2D eigenvalue weighted by Gasteiger charge is -2.19. The van der Waals surface area contributed by atoms with Crippen molar-refractivity contribution in [1.29, 1.82) is 0 Å². The minimum Gasteiger partial charge on any atom is -0.396 e. The van der Waals surface area contributed by atoms with Gasteiger partial charge >= 0.3 is 0 Å². The number of hydrogen-bond acceptors (Lipinski definition) is 4. The maximum Gasteiger partial charge on any atom is 0.269 e. The van der Waals surface area contributed by atoms with Gasteiger partial charge in [0.2, 0.25) is 0 Å². The third-order valence-corrected chi connectivity index (χ3v) is 4.31. The third kappa shape index (κ3) is 6.33. The number of nitrogens with zero attached hydrogens (tertiary/aromatic N) is 2. The predicted molar refractivity (Wildman–Crippen MR) is 107 cm³/mol. The number of nitro benzene ring substituents is 1. The predicted octanol–water partition coefficient (Wildman–Crippen LogP) is 4.75. The van der Waals surface area contributed by atoms with Crippen LogP contribution in [-0.2, 0) is 0 Å². The lowest BCUT2D eigenvalue weighted by molar-refractivity contribution is -0.384. The monoisotopic (exact) mass is 354 g/mol. The summed E-state index contributed by atoms with van der Waals surface area (Å²) in [4.78, 5) is 12.5. The van der Waals surface area contributed by atoms with Gasteiger partial charge in [0.25, 0.3) is 5.69 Å². The van der Waals surface area contributed by atoms with Crippen molar-refractivity contribution in [2.45, 2.75) is 25.7 Å². The Kier molecular flexibility index (Phi) is 7.83. The van der Waals surface area contributed by atoms with Crippen LogP contribution in [0.1, 0.15) is 36.8 Å². The average molecular weight is 354 g/mol. The maximum absolute atomic E-state index is 10.7. The van der Waals surface area contributed by atoms with E-state index in [9.17, 15) is 10.1 Å². The number of unbranched alkanes of at least 4 members (excludes halogenated alkanes) is 3. The second-order valence-electron chi connectivity index (χ2n) is 6.33. The van der Waals surface area contributed by atoms with Gasteiger partial charge in [-0.05, 0) is 48.2 Å². The summed E-state index contributed by atoms with van der Waals surface area (Å²) in [5.41, 5.74) is 3.30. The molecule has 1 N–H and O–H groups in total. The molecular weight excluding hydrogens is 328 g/mol. The van der Waals surface area contributed by atoms with E-state index >= 15 is 0 Å². The van der Waals surface area contributed by atoms with Crippen LogP contribution in [-0.4, -0.2) is 30.2 Å². The van der Waals surface area contributed by atoms with Crippen LogP contribution in [0.15, 0.2) is 48.5 Å². The van der Waals surface area contributed by atoms with Gasteiger partial charge in [0.1, 0.15) is 0 Å². The Morgan fingerprint density at radius 2 is 1.46 bits per heavy atom. The second-order valence-corrected chi connectivity index (χ2v) is 6.33. The van der Waals surface area contributed by atoms with Crippen molar-refractivity contribution < 1.29 is 10.0 Å². The number of rotatable bonds is 10. The lowest BCUT2D eigenvalue weighted by Crippen LogP contribution is -2.18. The van der Waals surface area contributed by atoms with Gasteiger partial charge in [0.15, 0.2) is 0 Å². The number of benzene rings is 2. The molecule has 0 amide bonds. The van der Waals surface area contributed by atoms with E-state index in [0.29, 0.717) is 0 Å². The standard InChI is InChI=1S/C21H26N2O3/c1-22(16-4-2-3-5-17-24)20-12-8-18(9-13-20)6-7-19-10-14-21(15-11-19)23(25)26/h6-15,24H,2-5,16-17H2,1H3/b7-6+. The second kappa shape index (κ2) is 10.4. The zero-order valence-electron chi connectivity index (χ0n) is 15.2. The quantitative estimate of drug-likeness (QED) is 0.289. The van der Waals surface area contributed by atoms with Crippen LogP contribution < -0.4 is 4.90 Å². The molecule has 0 saturated carbocycles. The first-order chi connectivity index (χ1) is 12.6. The van der Waals surface area contributed by atoms with Crippen molar-refractivity contribution in [1.82, 2.24) is 0 Å². The van der Waals surface area contributed by atoms with E-state index in [0.717, 1.165) is 43.4 Å². The van der Waals surface area contributed by atoms with Crippen LogP contribution in [0.3, 0.4) is 0 Å². The van der Waals surface area contributed by atoms with E-state index in [1.54, 1.807) is 12.1 Å². The van der Waals surface area contributed by atoms with Gasteiger partial charge in [-0.3, -0.25) is 10.1 Å². The largest absolute Gasteiger partial charge is 0.396 e. The van der Waals surface area contributed by atoms with E-state index in [2.05, 4.69) is 36.2 Å². The van der Waals surface area contributed by atoms with Crippen molar-refractivity contribution in [3.8, 4) is 0 Å². The molecule has 26 heavy (non-hydrogen) atoms. The molecule has 0 aliphatic carbocycles. The highest BCUT2D eigenvalue weighted by atomic mass is 16.6. The van der Waals surface area contributed by atoms with Crippen molar-refractivity contribution >= 4 is 23.5 Å². The summed E-state index contributed by atoms with van der Waals surface area (Å²) in [7, 11) is 2.09. The summed E-state index contributed by atoms with van der Waals surface area (Å²) in [6.45, 7) is 1.29. The van der Waals surface area contributed by atoms with Crippen molar-refractivity contribution in [3.05, 3.63) is 69.8 Å². The van der Waals surface area contributed by atoms with Crippen LogP contribution in [0.25, 0.3) is 12.2 Å². The Balaban J connectivity index is 1.87. The molecule has 0 radical (unpaired) electrons. The fourth-order valence-electron chi connectivity index (χ4n) is 2.68. The lowest BCUT2D eigenvalue weighted by atomic mass is 10.1.